The topological polar surface area (TPSA) is 74.8 Å². The Morgan fingerprint density at radius 3 is 2.48 bits per heavy atom. The maximum Gasteiger partial charge on any atom is 0.265 e. The zero-order valence-electron chi connectivity index (χ0n) is 19.7. The van der Waals surface area contributed by atoms with Gasteiger partial charge in [-0.15, -0.1) is 0 Å². The summed E-state index contributed by atoms with van der Waals surface area (Å²) in [6.45, 7) is 6.25. The van der Waals surface area contributed by atoms with E-state index in [-0.39, 0.29) is 11.7 Å². The molecule has 4 aromatic rings. The highest BCUT2D eigenvalue weighted by atomic mass is 16.5. The molecule has 1 aliphatic rings. The van der Waals surface area contributed by atoms with Crippen LogP contribution in [0.5, 0.6) is 0 Å². The van der Waals surface area contributed by atoms with E-state index in [1.54, 1.807) is 4.57 Å². The molecule has 0 bridgehead atoms. The Hall–Kier alpha value is -2.80. The first-order valence-electron chi connectivity index (χ1n) is 12.4. The fourth-order valence-corrected chi connectivity index (χ4v) is 4.97. The van der Waals surface area contributed by atoms with Gasteiger partial charge in [-0.3, -0.25) is 9.36 Å². The molecule has 5 rings (SSSR count). The maximum atomic E-state index is 13.7. The molecule has 0 spiro atoms. The van der Waals surface area contributed by atoms with Crippen LogP contribution in [0.4, 0.5) is 0 Å². The molecule has 7 nitrogen and oxygen atoms in total. The molecule has 0 radical (unpaired) electrons. The summed E-state index contributed by atoms with van der Waals surface area (Å²) < 4.78 is 9.69. The van der Waals surface area contributed by atoms with Crippen LogP contribution < -0.4 is 5.56 Å². The van der Waals surface area contributed by atoms with Crippen molar-refractivity contribution in [3.05, 3.63) is 40.4 Å². The number of hydrogen-bond acceptors (Lipinski definition) is 5. The summed E-state index contributed by atoms with van der Waals surface area (Å²) in [6, 6.07) is 7.85. The molecule has 0 saturated carbocycles. The molecule has 174 valence electrons. The molecule has 1 fully saturated rings. The lowest BCUT2D eigenvalue weighted by Crippen LogP contribution is -2.29. The minimum Gasteiger partial charge on any atom is -0.376 e. The molecule has 1 aromatic carbocycles. The number of para-hydroxylation sites is 2. The molecule has 0 N–H and O–H groups in total. The Morgan fingerprint density at radius 2 is 1.73 bits per heavy atom. The van der Waals surface area contributed by atoms with Crippen molar-refractivity contribution in [2.24, 2.45) is 0 Å². The van der Waals surface area contributed by atoms with Crippen LogP contribution in [-0.4, -0.2) is 36.8 Å². The quantitative estimate of drug-likeness (QED) is 0.332. The van der Waals surface area contributed by atoms with Gasteiger partial charge in [-0.2, -0.15) is 0 Å². The standard InChI is InChI=1S/C26H33N5O2/c1-3-4-5-6-7-10-15-30-24-22(23-25(30)29-21-14-9-8-13-20(21)28-23)26(32)31(18(2)27-24)17-19-12-11-16-33-19/h8-9,13-14,19H,3-7,10-12,15-17H2,1-2H3/t19-/m1/s1. The number of hydrogen-bond donors (Lipinski definition) is 0. The smallest absolute Gasteiger partial charge is 0.265 e. The number of fused-ring (bicyclic) bond motifs is 4. The Bertz CT molecular complexity index is 1330. The third-order valence-corrected chi connectivity index (χ3v) is 6.79. The predicted molar refractivity (Wildman–Crippen MR) is 132 cm³/mol. The van der Waals surface area contributed by atoms with Gasteiger partial charge in [0.2, 0.25) is 0 Å². The fraction of sp³-hybridized carbons (Fsp3) is 0.538. The Labute approximate surface area is 193 Å². The van der Waals surface area contributed by atoms with Gasteiger partial charge >= 0.3 is 0 Å². The van der Waals surface area contributed by atoms with Crippen molar-refractivity contribution in [3.8, 4) is 0 Å². The predicted octanol–water partition coefficient (Wildman–Crippen LogP) is 5.14. The van der Waals surface area contributed by atoms with E-state index in [2.05, 4.69) is 11.5 Å². The summed E-state index contributed by atoms with van der Waals surface area (Å²) in [5.41, 5.74) is 3.73. The first kappa shape index (κ1) is 22.0. The average Bonchev–Trinajstić information content (AvgIpc) is 3.43. The summed E-state index contributed by atoms with van der Waals surface area (Å²) >= 11 is 0. The molecular formula is C26H33N5O2. The van der Waals surface area contributed by atoms with E-state index in [1.165, 1.54) is 25.7 Å². The second kappa shape index (κ2) is 9.59. The minimum atomic E-state index is -0.0377. The van der Waals surface area contributed by atoms with Crippen LogP contribution in [0.1, 0.15) is 64.1 Å². The minimum absolute atomic E-state index is 0.0377. The van der Waals surface area contributed by atoms with E-state index in [4.69, 9.17) is 19.7 Å². The first-order chi connectivity index (χ1) is 16.2. The van der Waals surface area contributed by atoms with Crippen LogP contribution >= 0.6 is 0 Å². The molecule has 4 heterocycles. The zero-order valence-corrected chi connectivity index (χ0v) is 19.7. The lowest BCUT2D eigenvalue weighted by molar-refractivity contribution is 0.0955. The van der Waals surface area contributed by atoms with Crippen molar-refractivity contribution in [2.75, 3.05) is 6.61 Å². The van der Waals surface area contributed by atoms with Crippen LogP contribution in [0.25, 0.3) is 33.2 Å². The van der Waals surface area contributed by atoms with E-state index < -0.39 is 0 Å². The van der Waals surface area contributed by atoms with E-state index in [0.29, 0.717) is 23.1 Å². The highest BCUT2D eigenvalue weighted by molar-refractivity contribution is 6.04. The number of aromatic nitrogens is 5. The number of aryl methyl sites for hydroxylation is 2. The Balaban J connectivity index is 1.61. The third kappa shape index (κ3) is 4.26. The van der Waals surface area contributed by atoms with E-state index in [0.717, 1.165) is 61.3 Å². The van der Waals surface area contributed by atoms with Gasteiger partial charge < -0.3 is 9.30 Å². The van der Waals surface area contributed by atoms with E-state index >= 15 is 0 Å². The van der Waals surface area contributed by atoms with Gasteiger partial charge in [0.1, 0.15) is 16.7 Å². The molecule has 0 unspecified atom stereocenters. The zero-order chi connectivity index (χ0) is 22.8. The van der Waals surface area contributed by atoms with Crippen molar-refractivity contribution in [2.45, 2.75) is 84.4 Å². The van der Waals surface area contributed by atoms with Crippen molar-refractivity contribution in [3.63, 3.8) is 0 Å². The molecule has 1 aliphatic heterocycles. The van der Waals surface area contributed by atoms with Crippen molar-refractivity contribution in [1.82, 2.24) is 24.1 Å². The van der Waals surface area contributed by atoms with E-state index in [1.807, 2.05) is 31.2 Å². The molecular weight excluding hydrogens is 414 g/mol. The number of ether oxygens (including phenoxy) is 1. The van der Waals surface area contributed by atoms with Crippen molar-refractivity contribution >= 4 is 33.2 Å². The summed E-state index contributed by atoms with van der Waals surface area (Å²) in [6.07, 6.45) is 9.35. The van der Waals surface area contributed by atoms with Crippen LogP contribution in [0.2, 0.25) is 0 Å². The second-order valence-corrected chi connectivity index (χ2v) is 9.21. The van der Waals surface area contributed by atoms with Crippen LogP contribution in [0.3, 0.4) is 0 Å². The number of rotatable bonds is 9. The molecule has 33 heavy (non-hydrogen) atoms. The lowest BCUT2D eigenvalue weighted by atomic mass is 10.1. The Kier molecular flexibility index (Phi) is 6.40. The summed E-state index contributed by atoms with van der Waals surface area (Å²) in [7, 11) is 0. The number of unbranched alkanes of at least 4 members (excludes halogenated alkanes) is 5. The van der Waals surface area contributed by atoms with Gasteiger partial charge in [0.15, 0.2) is 11.3 Å². The van der Waals surface area contributed by atoms with Gasteiger partial charge in [0.05, 0.1) is 23.7 Å². The van der Waals surface area contributed by atoms with Gasteiger partial charge in [0.25, 0.3) is 5.56 Å². The average molecular weight is 448 g/mol. The third-order valence-electron chi connectivity index (χ3n) is 6.79. The van der Waals surface area contributed by atoms with Crippen LogP contribution in [0, 0.1) is 6.92 Å². The summed E-state index contributed by atoms with van der Waals surface area (Å²) in [4.78, 5) is 28.5. The van der Waals surface area contributed by atoms with Gasteiger partial charge in [-0.1, -0.05) is 51.2 Å². The van der Waals surface area contributed by atoms with Gasteiger partial charge in [0, 0.05) is 13.2 Å². The summed E-state index contributed by atoms with van der Waals surface area (Å²) in [5.74, 6) is 0.722. The van der Waals surface area contributed by atoms with Gasteiger partial charge in [-0.25, -0.2) is 15.0 Å². The SMILES string of the molecule is CCCCCCCCn1c2nc3ccccc3nc2c2c(=O)n(C[C@H]3CCCO3)c(C)nc21. The van der Waals surface area contributed by atoms with E-state index in [9.17, 15) is 4.79 Å². The highest BCUT2D eigenvalue weighted by Gasteiger charge is 2.23. The largest absolute Gasteiger partial charge is 0.376 e. The van der Waals surface area contributed by atoms with Crippen LogP contribution in [0.15, 0.2) is 29.1 Å². The Morgan fingerprint density at radius 1 is 0.970 bits per heavy atom. The monoisotopic (exact) mass is 447 g/mol. The fourth-order valence-electron chi connectivity index (χ4n) is 4.97. The molecule has 1 saturated heterocycles. The van der Waals surface area contributed by atoms with Crippen molar-refractivity contribution in [1.29, 1.82) is 0 Å². The lowest BCUT2D eigenvalue weighted by Gasteiger charge is -2.14. The van der Waals surface area contributed by atoms with Gasteiger partial charge in [-0.05, 0) is 38.3 Å². The molecule has 0 aliphatic carbocycles. The molecule has 7 heteroatoms. The second-order valence-electron chi connectivity index (χ2n) is 9.21. The number of benzene rings is 1. The normalized spacial score (nSPS) is 16.5. The summed E-state index contributed by atoms with van der Waals surface area (Å²) in [5, 5.41) is 0.581. The molecule has 0 amide bonds. The van der Waals surface area contributed by atoms with Crippen LogP contribution in [-0.2, 0) is 17.8 Å². The number of nitrogens with zero attached hydrogens (tertiary/aromatic N) is 5. The highest BCUT2D eigenvalue weighted by Crippen LogP contribution is 2.26. The maximum absolute atomic E-state index is 13.7. The van der Waals surface area contributed by atoms with Crippen molar-refractivity contribution < 1.29 is 4.74 Å². The first-order valence-corrected chi connectivity index (χ1v) is 12.4. The molecule has 3 aromatic heterocycles. The molecule has 1 atom stereocenters.